The molecule has 2 amide bonds. The van der Waals surface area contributed by atoms with E-state index in [4.69, 9.17) is 0 Å². The Kier molecular flexibility index (Phi) is 38.1. The fourth-order valence-electron chi connectivity index (χ4n) is 9.05. The molecule has 0 aromatic rings. The third-order valence-electron chi connectivity index (χ3n) is 12.8. The third-order valence-corrected chi connectivity index (χ3v) is 12.8. The van der Waals surface area contributed by atoms with Gasteiger partial charge in [0, 0.05) is 26.2 Å². The number of hydrogen-bond acceptors (Lipinski definition) is 8. The highest BCUT2D eigenvalue weighted by molar-refractivity contribution is 5.96. The summed E-state index contributed by atoms with van der Waals surface area (Å²) in [5.41, 5.74) is 0. The maximum absolute atomic E-state index is 13.1. The Morgan fingerprint density at radius 1 is 0.410 bits per heavy atom. The molecule has 6 atom stereocenters. The molecule has 0 radical (unpaired) electrons. The third kappa shape index (κ3) is 33.8. The van der Waals surface area contributed by atoms with Crippen LogP contribution in [0.1, 0.15) is 240 Å². The van der Waals surface area contributed by atoms with Crippen molar-refractivity contribution < 1.29 is 30.0 Å². The van der Waals surface area contributed by atoms with Crippen molar-refractivity contribution in [2.24, 2.45) is 0 Å². The van der Waals surface area contributed by atoms with Crippen LogP contribution in [0.15, 0.2) is 0 Å². The lowest BCUT2D eigenvalue weighted by molar-refractivity contribution is -0.137. The number of rotatable bonds is 45. The maximum Gasteiger partial charge on any atom is 0.243 e. The van der Waals surface area contributed by atoms with Gasteiger partial charge in [-0.15, -0.1) is 0 Å². The van der Waals surface area contributed by atoms with Gasteiger partial charge in [-0.25, -0.2) is 0 Å². The Balaban J connectivity index is 2.47. The van der Waals surface area contributed by atoms with E-state index >= 15 is 0 Å². The fraction of sp³-hybridized carbons (Fsp3) is 0.961. The van der Waals surface area contributed by atoms with Gasteiger partial charge in [0.25, 0.3) is 0 Å². The van der Waals surface area contributed by atoms with Crippen LogP contribution in [0.3, 0.4) is 0 Å². The average Bonchev–Trinajstić information content (AvgIpc) is 3.22. The molecule has 0 aliphatic carbocycles. The molecule has 1 fully saturated rings. The Morgan fingerprint density at radius 2 is 0.689 bits per heavy atom. The van der Waals surface area contributed by atoms with Crippen LogP contribution >= 0.6 is 0 Å². The largest absolute Gasteiger partial charge is 0.392 e. The van der Waals surface area contributed by atoms with Gasteiger partial charge < -0.3 is 31.1 Å². The molecule has 1 heterocycles. The summed E-state index contributed by atoms with van der Waals surface area (Å²) >= 11 is 0. The number of hydrogen-bond donors (Lipinski definition) is 6. The number of aliphatic hydroxyl groups excluding tert-OH is 4. The summed E-state index contributed by atoms with van der Waals surface area (Å²) in [6.07, 6.45) is 34.7. The summed E-state index contributed by atoms with van der Waals surface area (Å²) in [5, 5.41) is 48.7. The molecule has 6 N–H and O–H groups in total. The van der Waals surface area contributed by atoms with Crippen LogP contribution in [0.2, 0.25) is 0 Å². The van der Waals surface area contributed by atoms with E-state index in [1.807, 2.05) is 0 Å². The monoisotopic (exact) mass is 867 g/mol. The van der Waals surface area contributed by atoms with Crippen molar-refractivity contribution in [3.63, 3.8) is 0 Å². The van der Waals surface area contributed by atoms with Crippen LogP contribution < -0.4 is 10.6 Å². The van der Waals surface area contributed by atoms with Gasteiger partial charge in [0.05, 0.1) is 24.4 Å². The predicted molar refractivity (Wildman–Crippen MR) is 256 cm³/mol. The van der Waals surface area contributed by atoms with Crippen LogP contribution in [0.4, 0.5) is 0 Å². The maximum atomic E-state index is 13.1. The first-order valence-electron chi connectivity index (χ1n) is 26.4. The van der Waals surface area contributed by atoms with Crippen LogP contribution in [0, 0.1) is 0 Å². The number of nitrogens with zero attached hydrogens (tertiary/aromatic N) is 2. The first-order chi connectivity index (χ1) is 29.6. The zero-order valence-electron chi connectivity index (χ0n) is 40.5. The van der Waals surface area contributed by atoms with Crippen molar-refractivity contribution in [2.75, 3.05) is 39.3 Å². The summed E-state index contributed by atoms with van der Waals surface area (Å²) in [7, 11) is 0. The van der Waals surface area contributed by atoms with Gasteiger partial charge in [0.1, 0.15) is 12.1 Å². The van der Waals surface area contributed by atoms with Crippen molar-refractivity contribution in [3.8, 4) is 0 Å². The molecule has 0 unspecified atom stereocenters. The Hall–Kier alpha value is -1.30. The minimum atomic E-state index is -0.540. The molecule has 0 spiro atoms. The smallest absolute Gasteiger partial charge is 0.243 e. The second-order valence-corrected chi connectivity index (χ2v) is 19.2. The van der Waals surface area contributed by atoms with Crippen molar-refractivity contribution in [2.45, 2.75) is 276 Å². The molecule has 0 aromatic heterocycles. The van der Waals surface area contributed by atoms with E-state index in [1.165, 1.54) is 116 Å². The molecule has 0 bridgehead atoms. The van der Waals surface area contributed by atoms with Gasteiger partial charge in [-0.05, 0) is 77.8 Å². The van der Waals surface area contributed by atoms with E-state index in [-0.39, 0.29) is 11.8 Å². The summed E-state index contributed by atoms with van der Waals surface area (Å²) in [6.45, 7) is 12.2. The average molecular weight is 867 g/mol. The van der Waals surface area contributed by atoms with Gasteiger partial charge in [-0.1, -0.05) is 175 Å². The van der Waals surface area contributed by atoms with E-state index in [0.717, 1.165) is 96.6 Å². The SMILES string of the molecule is CCCCCCCCCC[C@@H](O)CN(CCCC[C@H]1NC(=O)[C@H](CCCCN(C[C@@H](O)CCCCCCCCCC)C[C@@H](O)CCCCCCCCCC)NC1=O)C[C@@H](C)O. The van der Waals surface area contributed by atoms with Gasteiger partial charge in [0.15, 0.2) is 0 Å². The second-order valence-electron chi connectivity index (χ2n) is 19.2. The molecule has 362 valence electrons. The molecule has 1 aliphatic rings. The van der Waals surface area contributed by atoms with Crippen molar-refractivity contribution in [3.05, 3.63) is 0 Å². The van der Waals surface area contributed by atoms with Crippen molar-refractivity contribution in [1.82, 2.24) is 20.4 Å². The van der Waals surface area contributed by atoms with Crippen molar-refractivity contribution >= 4 is 11.8 Å². The van der Waals surface area contributed by atoms with Gasteiger partial charge in [-0.2, -0.15) is 0 Å². The predicted octanol–water partition coefficient (Wildman–Crippen LogP) is 9.97. The number of carbonyl (C=O) groups is 2. The van der Waals surface area contributed by atoms with E-state index in [2.05, 4.69) is 41.2 Å². The van der Waals surface area contributed by atoms with E-state index in [0.29, 0.717) is 39.0 Å². The lowest BCUT2D eigenvalue weighted by Gasteiger charge is -2.31. The molecule has 0 saturated carbocycles. The zero-order valence-corrected chi connectivity index (χ0v) is 40.5. The Morgan fingerprint density at radius 3 is 0.984 bits per heavy atom. The molecule has 1 aliphatic heterocycles. The van der Waals surface area contributed by atoms with E-state index in [1.54, 1.807) is 6.92 Å². The number of nitrogens with one attached hydrogen (secondary N) is 2. The minimum Gasteiger partial charge on any atom is -0.392 e. The number of piperazine rings is 1. The van der Waals surface area contributed by atoms with Gasteiger partial charge in [-0.3, -0.25) is 19.4 Å². The highest BCUT2D eigenvalue weighted by Crippen LogP contribution is 2.17. The van der Waals surface area contributed by atoms with Crippen molar-refractivity contribution in [1.29, 1.82) is 0 Å². The number of carbonyl (C=O) groups excluding carboxylic acids is 2. The molecule has 10 heteroatoms. The zero-order chi connectivity index (χ0) is 44.8. The molecular formula is C51H102N4O6. The Bertz CT molecular complexity index is 976. The first kappa shape index (κ1) is 57.7. The summed E-state index contributed by atoms with van der Waals surface area (Å²) < 4.78 is 0. The summed E-state index contributed by atoms with van der Waals surface area (Å²) in [5.74, 6) is -0.246. The summed E-state index contributed by atoms with van der Waals surface area (Å²) in [4.78, 5) is 30.5. The lowest BCUT2D eigenvalue weighted by atomic mass is 10.0. The number of amides is 2. The number of unbranched alkanes of at least 4 members (excludes halogenated alkanes) is 23. The van der Waals surface area contributed by atoms with Crippen LogP contribution in [-0.4, -0.2) is 118 Å². The molecule has 61 heavy (non-hydrogen) atoms. The Labute approximate surface area is 376 Å². The topological polar surface area (TPSA) is 146 Å². The van der Waals surface area contributed by atoms with Crippen LogP contribution in [-0.2, 0) is 9.59 Å². The molecule has 10 nitrogen and oxygen atoms in total. The lowest BCUT2D eigenvalue weighted by Crippen LogP contribution is -2.61. The van der Waals surface area contributed by atoms with Crippen LogP contribution in [0.5, 0.6) is 0 Å². The van der Waals surface area contributed by atoms with E-state index in [9.17, 15) is 30.0 Å². The summed E-state index contributed by atoms with van der Waals surface area (Å²) in [6, 6.07) is -1.08. The van der Waals surface area contributed by atoms with Crippen LogP contribution in [0.25, 0.3) is 0 Å². The quantitative estimate of drug-likeness (QED) is 0.0332. The molecule has 0 aromatic carbocycles. The number of aliphatic hydroxyl groups is 4. The molecule has 1 saturated heterocycles. The second kappa shape index (κ2) is 40.2. The highest BCUT2D eigenvalue weighted by atomic mass is 16.3. The fourth-order valence-corrected chi connectivity index (χ4v) is 9.05. The first-order valence-corrected chi connectivity index (χ1v) is 26.4. The molecule has 1 rings (SSSR count). The van der Waals surface area contributed by atoms with E-state index < -0.39 is 36.5 Å². The molecular weight excluding hydrogens is 765 g/mol. The van der Waals surface area contributed by atoms with Gasteiger partial charge >= 0.3 is 0 Å². The normalized spacial score (nSPS) is 17.8. The highest BCUT2D eigenvalue weighted by Gasteiger charge is 2.33. The van der Waals surface area contributed by atoms with Gasteiger partial charge in [0.2, 0.25) is 11.8 Å². The minimum absolute atomic E-state index is 0.122. The standard InChI is InChI=1S/C51H102N4O6/c1-5-8-11-14-17-20-23-26-33-45(57)41-54(40-44(4)56)38-31-29-36-48-50(60)53-49(51(61)52-48)37-30-32-39-55(42-46(58)34-27-24-21-18-15-12-9-6-2)43-47(59)35-28-25-22-19-16-13-10-7-3/h44-49,56-59H,5-43H2,1-4H3,(H,52,61)(H,53,60)/t44-,45-,46+,47+,48-,49+/m1/s1.